The van der Waals surface area contributed by atoms with Crippen LogP contribution in [0.4, 0.5) is 8.78 Å². The lowest BCUT2D eigenvalue weighted by atomic mass is 9.89. The lowest BCUT2D eigenvalue weighted by Crippen LogP contribution is -2.30. The molecule has 0 bridgehead atoms. The molecule has 2 aromatic rings. The summed E-state index contributed by atoms with van der Waals surface area (Å²) in [6.45, 7) is 0.618. The van der Waals surface area contributed by atoms with Gasteiger partial charge in [0.05, 0.1) is 17.1 Å². The molecule has 4 rings (SSSR count). The summed E-state index contributed by atoms with van der Waals surface area (Å²) in [5.41, 5.74) is 0. The molecule has 0 spiro atoms. The maximum absolute atomic E-state index is 15.2. The minimum atomic E-state index is -3.14. The van der Waals surface area contributed by atoms with Gasteiger partial charge in [-0.2, -0.15) is 8.78 Å². The van der Waals surface area contributed by atoms with Crippen LogP contribution in [0.15, 0.2) is 54.6 Å². The Balaban J connectivity index is 1.49. The molecule has 1 saturated carbocycles. The highest BCUT2D eigenvalue weighted by Gasteiger charge is 2.43. The van der Waals surface area contributed by atoms with E-state index in [1.807, 2.05) is 36.4 Å². The molecule has 1 aliphatic heterocycles. The van der Waals surface area contributed by atoms with Gasteiger partial charge in [0.1, 0.15) is 0 Å². The second kappa shape index (κ2) is 12.4. The number of unbranched alkanes of at least 4 members (excludes halogenated alkanes) is 1. The molecule has 1 aromatic heterocycles. The highest BCUT2D eigenvalue weighted by atomic mass is 32.1. The number of ether oxygens (including phenoxy) is 2. The third-order valence-corrected chi connectivity index (χ3v) is 8.18. The molecule has 2 N–H and O–H groups in total. The third kappa shape index (κ3) is 7.00. The molecule has 2 aliphatic rings. The van der Waals surface area contributed by atoms with Gasteiger partial charge in [-0.05, 0) is 68.0 Å². The summed E-state index contributed by atoms with van der Waals surface area (Å²) >= 11 is 1.09. The van der Waals surface area contributed by atoms with E-state index < -0.39 is 30.0 Å². The van der Waals surface area contributed by atoms with Gasteiger partial charge in [0.15, 0.2) is 6.29 Å². The fraction of sp³-hybridized carbons (Fsp3) is 0.536. The van der Waals surface area contributed by atoms with Crippen molar-refractivity contribution < 1.29 is 33.3 Å². The predicted octanol–water partition coefficient (Wildman–Crippen LogP) is 6.66. The number of rotatable bonds is 11. The van der Waals surface area contributed by atoms with Crippen molar-refractivity contribution in [1.82, 2.24) is 0 Å². The van der Waals surface area contributed by atoms with Gasteiger partial charge in [-0.25, -0.2) is 0 Å². The molecule has 0 amide bonds. The summed E-state index contributed by atoms with van der Waals surface area (Å²) in [5, 5.41) is 20.4. The van der Waals surface area contributed by atoms with Crippen molar-refractivity contribution in [3.8, 4) is 0 Å². The molecule has 196 valence electrons. The first-order chi connectivity index (χ1) is 17.3. The molecule has 1 saturated heterocycles. The van der Waals surface area contributed by atoms with E-state index in [9.17, 15) is 9.90 Å². The minimum absolute atomic E-state index is 0.0125. The van der Waals surface area contributed by atoms with Crippen molar-refractivity contribution in [2.75, 3.05) is 6.61 Å². The Hall–Kier alpha value is -2.13. The van der Waals surface area contributed by atoms with Crippen LogP contribution in [0.5, 0.6) is 0 Å². The van der Waals surface area contributed by atoms with Crippen LogP contribution in [-0.4, -0.2) is 41.3 Å². The Morgan fingerprint density at radius 1 is 1.25 bits per heavy atom. The van der Waals surface area contributed by atoms with Gasteiger partial charge in [-0.3, -0.25) is 4.79 Å². The number of carbonyl (C=O) groups is 1. The van der Waals surface area contributed by atoms with E-state index in [4.69, 9.17) is 14.6 Å². The first-order valence-electron chi connectivity index (χ1n) is 12.7. The minimum Gasteiger partial charge on any atom is -0.481 e. The van der Waals surface area contributed by atoms with Crippen LogP contribution in [0.1, 0.15) is 56.2 Å². The van der Waals surface area contributed by atoms with Crippen LogP contribution >= 0.6 is 11.3 Å². The number of aliphatic hydroxyl groups is 1. The molecular weight excluding hydrogens is 486 g/mol. The number of halogens is 2. The summed E-state index contributed by atoms with van der Waals surface area (Å²) < 4.78 is 43.2. The van der Waals surface area contributed by atoms with Crippen LogP contribution in [0, 0.1) is 11.8 Å². The van der Waals surface area contributed by atoms with Crippen LogP contribution in [0.2, 0.25) is 0 Å². The second-order valence-corrected chi connectivity index (χ2v) is 10.7. The highest BCUT2D eigenvalue weighted by Crippen LogP contribution is 2.42. The lowest BCUT2D eigenvalue weighted by molar-refractivity contribution is -0.193. The maximum atomic E-state index is 15.2. The van der Waals surface area contributed by atoms with Crippen molar-refractivity contribution in [3.05, 3.63) is 59.5 Å². The van der Waals surface area contributed by atoms with Gasteiger partial charge in [0, 0.05) is 30.1 Å². The van der Waals surface area contributed by atoms with Gasteiger partial charge in [-0.1, -0.05) is 36.4 Å². The number of carboxylic acids is 1. The summed E-state index contributed by atoms with van der Waals surface area (Å²) in [4.78, 5) is 10.7. The van der Waals surface area contributed by atoms with Gasteiger partial charge in [-0.15, -0.1) is 11.3 Å². The van der Waals surface area contributed by atoms with Crippen LogP contribution in [-0.2, 0) is 20.2 Å². The van der Waals surface area contributed by atoms with Gasteiger partial charge < -0.3 is 19.7 Å². The van der Waals surface area contributed by atoms with Crippen LogP contribution < -0.4 is 0 Å². The number of alkyl halides is 2. The van der Waals surface area contributed by atoms with E-state index in [-0.39, 0.29) is 23.5 Å². The number of carboxylic acid groups (broad SMARTS) is 1. The molecule has 0 radical (unpaired) electrons. The number of hydrogen-bond acceptors (Lipinski definition) is 5. The Morgan fingerprint density at radius 3 is 2.83 bits per heavy atom. The summed E-state index contributed by atoms with van der Waals surface area (Å²) in [6.07, 6.45) is 9.69. The number of allylic oxidation sites excluding steroid dienone is 3. The van der Waals surface area contributed by atoms with Crippen LogP contribution in [0.3, 0.4) is 0 Å². The van der Waals surface area contributed by atoms with Crippen molar-refractivity contribution in [2.45, 2.75) is 75.8 Å². The molecule has 8 heteroatoms. The van der Waals surface area contributed by atoms with Gasteiger partial charge in [0.2, 0.25) is 0 Å². The fourth-order valence-corrected chi connectivity index (χ4v) is 6.06. The van der Waals surface area contributed by atoms with E-state index in [0.29, 0.717) is 32.3 Å². The lowest BCUT2D eigenvalue weighted by Gasteiger charge is -2.29. The van der Waals surface area contributed by atoms with Crippen molar-refractivity contribution in [1.29, 1.82) is 0 Å². The first kappa shape index (κ1) is 26.9. The van der Waals surface area contributed by atoms with E-state index >= 15 is 8.78 Å². The molecule has 1 aliphatic carbocycles. The smallest absolute Gasteiger partial charge is 0.303 e. The molecule has 5 nitrogen and oxygen atoms in total. The van der Waals surface area contributed by atoms with E-state index in [1.165, 1.54) is 12.1 Å². The van der Waals surface area contributed by atoms with Gasteiger partial charge in [0.25, 0.3) is 0 Å². The predicted molar refractivity (Wildman–Crippen MR) is 136 cm³/mol. The quantitative estimate of drug-likeness (QED) is 0.256. The Bertz CT molecular complexity index is 1030. The Kier molecular flexibility index (Phi) is 9.28. The van der Waals surface area contributed by atoms with E-state index in [2.05, 4.69) is 0 Å². The molecular formula is C28H34F2O5S. The molecule has 36 heavy (non-hydrogen) atoms. The van der Waals surface area contributed by atoms with Crippen LogP contribution in [0.25, 0.3) is 10.1 Å². The standard InChI is InChI=1S/C28H34F2O5S/c29-28(30,25-17-19-9-5-6-11-24(19)36-25)15-14-21-20(10-3-1-2-4-12-26(32)33)22(31)18-23(21)35-27-13-7-8-16-34-27/h1,3,5-6,9,11,14-15,17,20-23,27,31H,2,4,7-8,10,12-13,16,18H2,(H,32,33)/b3-1-,15-14+/t20-,21-,22+,23-,27?/m1/s1. The fourth-order valence-electron chi connectivity index (χ4n) is 5.05. The monoisotopic (exact) mass is 520 g/mol. The Morgan fingerprint density at radius 2 is 2.08 bits per heavy atom. The zero-order chi connectivity index (χ0) is 25.5. The van der Waals surface area contributed by atoms with Gasteiger partial charge >= 0.3 is 11.9 Å². The number of aliphatic carboxylic acids is 1. The van der Waals surface area contributed by atoms with Crippen molar-refractivity contribution in [2.24, 2.45) is 11.8 Å². The summed E-state index contributed by atoms with van der Waals surface area (Å²) in [6, 6.07) is 8.88. The normalized spacial score (nSPS) is 27.5. The molecule has 2 heterocycles. The number of aliphatic hydroxyl groups excluding tert-OH is 1. The summed E-state index contributed by atoms with van der Waals surface area (Å²) in [7, 11) is 0. The average Bonchev–Trinajstić information content (AvgIpc) is 3.42. The van der Waals surface area contributed by atoms with E-state index in [0.717, 1.165) is 46.8 Å². The molecule has 5 atom stereocenters. The molecule has 2 fully saturated rings. The number of thiophene rings is 1. The number of hydrogen-bond donors (Lipinski definition) is 2. The average molecular weight is 521 g/mol. The number of fused-ring (bicyclic) bond motifs is 1. The number of benzene rings is 1. The summed E-state index contributed by atoms with van der Waals surface area (Å²) in [5.74, 6) is -4.64. The zero-order valence-corrected chi connectivity index (χ0v) is 21.0. The maximum Gasteiger partial charge on any atom is 0.303 e. The Labute approximate surface area is 214 Å². The topological polar surface area (TPSA) is 76.0 Å². The first-order valence-corrected chi connectivity index (χ1v) is 13.5. The molecule has 1 unspecified atom stereocenters. The highest BCUT2D eigenvalue weighted by molar-refractivity contribution is 7.19. The van der Waals surface area contributed by atoms with Crippen molar-refractivity contribution in [3.63, 3.8) is 0 Å². The SMILES string of the molecule is O=C(O)CCC/C=C\C[C@@H]1[C@@H](/C=C/C(F)(F)c2cc3ccccc3s2)[C@H](OC2CCCCO2)C[C@@H]1O. The van der Waals surface area contributed by atoms with E-state index in [1.54, 1.807) is 0 Å². The zero-order valence-electron chi connectivity index (χ0n) is 20.2. The third-order valence-electron chi connectivity index (χ3n) is 6.97. The largest absolute Gasteiger partial charge is 0.481 e. The second-order valence-electron chi connectivity index (χ2n) is 9.64. The molecule has 1 aromatic carbocycles. The van der Waals surface area contributed by atoms with Crippen molar-refractivity contribution >= 4 is 27.4 Å².